The van der Waals surface area contributed by atoms with Gasteiger partial charge in [-0.25, -0.2) is 0 Å². The first kappa shape index (κ1) is 11.9. The Bertz CT molecular complexity index is 386. The highest BCUT2D eigenvalue weighted by Gasteiger charge is 2.21. The zero-order valence-electron chi connectivity index (χ0n) is 9.94. The summed E-state index contributed by atoms with van der Waals surface area (Å²) >= 11 is 0. The molecule has 0 bridgehead atoms. The molecule has 1 fully saturated rings. The van der Waals surface area contributed by atoms with Crippen LogP contribution < -0.4 is 10.1 Å². The zero-order chi connectivity index (χ0) is 12.1. The number of rotatable bonds is 3. The van der Waals surface area contributed by atoms with E-state index in [4.69, 9.17) is 9.47 Å². The van der Waals surface area contributed by atoms with Gasteiger partial charge in [0.05, 0.1) is 7.11 Å². The summed E-state index contributed by atoms with van der Waals surface area (Å²) in [4.78, 5) is 12.0. The molecule has 0 spiro atoms. The Labute approximate surface area is 101 Å². The Balaban J connectivity index is 1.96. The molecule has 2 rings (SSSR count). The van der Waals surface area contributed by atoms with Crippen LogP contribution in [0.5, 0.6) is 5.75 Å². The molecule has 4 heteroatoms. The molecule has 1 N–H and O–H groups in total. The maximum absolute atomic E-state index is 12.0. The van der Waals surface area contributed by atoms with Crippen molar-refractivity contribution in [2.75, 3.05) is 25.6 Å². The van der Waals surface area contributed by atoms with Gasteiger partial charge in [-0.3, -0.25) is 4.79 Å². The predicted octanol–water partition coefficient (Wildman–Crippen LogP) is 2.06. The molecule has 17 heavy (non-hydrogen) atoms. The molecule has 92 valence electrons. The number of hydrogen-bond acceptors (Lipinski definition) is 3. The summed E-state index contributed by atoms with van der Waals surface area (Å²) in [5, 5.41) is 2.91. The fourth-order valence-corrected chi connectivity index (χ4v) is 1.90. The Hall–Kier alpha value is -1.55. The third-order valence-electron chi connectivity index (χ3n) is 2.93. The van der Waals surface area contributed by atoms with E-state index < -0.39 is 0 Å². The minimum Gasteiger partial charge on any atom is -0.497 e. The normalized spacial score (nSPS) is 16.5. The van der Waals surface area contributed by atoms with E-state index in [1.807, 2.05) is 24.3 Å². The summed E-state index contributed by atoms with van der Waals surface area (Å²) in [7, 11) is 1.61. The molecule has 1 aromatic rings. The van der Waals surface area contributed by atoms with Crippen LogP contribution in [0, 0.1) is 5.92 Å². The van der Waals surface area contributed by atoms with Crippen LogP contribution >= 0.6 is 0 Å². The van der Waals surface area contributed by atoms with Crippen LogP contribution in [0.15, 0.2) is 24.3 Å². The largest absolute Gasteiger partial charge is 0.497 e. The van der Waals surface area contributed by atoms with Crippen molar-refractivity contribution in [3.05, 3.63) is 24.3 Å². The van der Waals surface area contributed by atoms with Gasteiger partial charge < -0.3 is 14.8 Å². The van der Waals surface area contributed by atoms with Crippen molar-refractivity contribution in [3.63, 3.8) is 0 Å². The van der Waals surface area contributed by atoms with Crippen LogP contribution in [0.4, 0.5) is 5.69 Å². The number of carbonyl (C=O) groups excluding carboxylic acids is 1. The molecule has 0 radical (unpaired) electrons. The highest BCUT2D eigenvalue weighted by Crippen LogP contribution is 2.20. The molecule has 0 saturated carbocycles. The monoisotopic (exact) mass is 235 g/mol. The summed E-state index contributed by atoms with van der Waals surface area (Å²) in [6, 6.07) is 7.39. The van der Waals surface area contributed by atoms with E-state index in [1.54, 1.807) is 7.11 Å². The van der Waals surface area contributed by atoms with Gasteiger partial charge in [-0.1, -0.05) is 6.07 Å². The highest BCUT2D eigenvalue weighted by molar-refractivity contribution is 5.92. The standard InChI is InChI=1S/C13H17NO3/c1-16-12-4-2-3-11(9-12)14-13(15)10-5-7-17-8-6-10/h2-4,9-10H,5-8H2,1H3,(H,14,15). The van der Waals surface area contributed by atoms with Crippen molar-refractivity contribution in [1.82, 2.24) is 0 Å². The lowest BCUT2D eigenvalue weighted by Gasteiger charge is -2.21. The SMILES string of the molecule is COc1cccc(NC(=O)C2CCOCC2)c1. The first-order valence-corrected chi connectivity index (χ1v) is 5.82. The second-order valence-electron chi connectivity index (χ2n) is 4.11. The number of amides is 1. The summed E-state index contributed by atoms with van der Waals surface area (Å²) in [6.07, 6.45) is 1.60. The van der Waals surface area contributed by atoms with Gasteiger partial charge in [-0.05, 0) is 25.0 Å². The summed E-state index contributed by atoms with van der Waals surface area (Å²) in [5.41, 5.74) is 0.779. The van der Waals surface area contributed by atoms with E-state index in [1.165, 1.54) is 0 Å². The van der Waals surface area contributed by atoms with Crippen molar-refractivity contribution in [2.45, 2.75) is 12.8 Å². The molecule has 0 aromatic heterocycles. The predicted molar refractivity (Wildman–Crippen MR) is 65.2 cm³/mol. The van der Waals surface area contributed by atoms with Gasteiger partial charge >= 0.3 is 0 Å². The van der Waals surface area contributed by atoms with E-state index in [2.05, 4.69) is 5.32 Å². The van der Waals surface area contributed by atoms with Gasteiger partial charge in [-0.2, -0.15) is 0 Å². The third-order valence-corrected chi connectivity index (χ3v) is 2.93. The van der Waals surface area contributed by atoms with Crippen LogP contribution in [0.2, 0.25) is 0 Å². The molecular weight excluding hydrogens is 218 g/mol. The van der Waals surface area contributed by atoms with Gasteiger partial charge in [0.15, 0.2) is 0 Å². The molecule has 1 aliphatic heterocycles. The smallest absolute Gasteiger partial charge is 0.227 e. The fourth-order valence-electron chi connectivity index (χ4n) is 1.90. The first-order valence-electron chi connectivity index (χ1n) is 5.82. The van der Waals surface area contributed by atoms with Crippen LogP contribution in [0.3, 0.4) is 0 Å². The number of anilines is 1. The molecular formula is C13H17NO3. The number of hydrogen-bond donors (Lipinski definition) is 1. The summed E-state index contributed by atoms with van der Waals surface area (Å²) < 4.78 is 10.3. The highest BCUT2D eigenvalue weighted by atomic mass is 16.5. The molecule has 0 aliphatic carbocycles. The number of nitrogens with one attached hydrogen (secondary N) is 1. The van der Waals surface area contributed by atoms with E-state index in [9.17, 15) is 4.79 Å². The average Bonchev–Trinajstić information content (AvgIpc) is 2.40. The van der Waals surface area contributed by atoms with E-state index in [0.29, 0.717) is 13.2 Å². The number of ether oxygens (including phenoxy) is 2. The third kappa shape index (κ3) is 3.20. The Kier molecular flexibility index (Phi) is 3.98. The van der Waals surface area contributed by atoms with Crippen molar-refractivity contribution in [3.8, 4) is 5.75 Å². The molecule has 0 unspecified atom stereocenters. The maximum atomic E-state index is 12.0. The van der Waals surface area contributed by atoms with Crippen LogP contribution in [-0.2, 0) is 9.53 Å². The van der Waals surface area contributed by atoms with Gasteiger partial charge in [0.25, 0.3) is 0 Å². The van der Waals surface area contributed by atoms with Gasteiger partial charge in [0, 0.05) is 30.9 Å². The molecule has 1 saturated heterocycles. The van der Waals surface area contributed by atoms with Crippen molar-refractivity contribution in [1.29, 1.82) is 0 Å². The van der Waals surface area contributed by atoms with Gasteiger partial charge in [0.1, 0.15) is 5.75 Å². The molecule has 4 nitrogen and oxygen atoms in total. The minimum atomic E-state index is 0.0648. The zero-order valence-corrected chi connectivity index (χ0v) is 9.94. The van der Waals surface area contributed by atoms with E-state index in [-0.39, 0.29) is 11.8 Å². The fraction of sp³-hybridized carbons (Fsp3) is 0.462. The van der Waals surface area contributed by atoms with Crippen LogP contribution in [0.1, 0.15) is 12.8 Å². The molecule has 1 aliphatic rings. The molecule has 0 atom stereocenters. The lowest BCUT2D eigenvalue weighted by Crippen LogP contribution is -2.28. The number of methoxy groups -OCH3 is 1. The minimum absolute atomic E-state index is 0.0648. The Morgan fingerprint density at radius 3 is 2.88 bits per heavy atom. The van der Waals surface area contributed by atoms with Crippen molar-refractivity contribution in [2.24, 2.45) is 5.92 Å². The van der Waals surface area contributed by atoms with Gasteiger partial charge in [-0.15, -0.1) is 0 Å². The van der Waals surface area contributed by atoms with E-state index >= 15 is 0 Å². The lowest BCUT2D eigenvalue weighted by atomic mass is 9.99. The summed E-state index contributed by atoms with van der Waals surface area (Å²) in [5.74, 6) is 0.881. The second kappa shape index (κ2) is 5.68. The summed E-state index contributed by atoms with van der Waals surface area (Å²) in [6.45, 7) is 1.35. The van der Waals surface area contributed by atoms with Gasteiger partial charge in [0.2, 0.25) is 5.91 Å². The lowest BCUT2D eigenvalue weighted by molar-refractivity contribution is -0.122. The molecule has 1 heterocycles. The second-order valence-corrected chi connectivity index (χ2v) is 4.11. The van der Waals surface area contributed by atoms with Crippen LogP contribution in [0.25, 0.3) is 0 Å². The first-order chi connectivity index (χ1) is 8.29. The van der Waals surface area contributed by atoms with E-state index in [0.717, 1.165) is 24.3 Å². The average molecular weight is 235 g/mol. The quantitative estimate of drug-likeness (QED) is 0.872. The van der Waals surface area contributed by atoms with Crippen LogP contribution in [-0.4, -0.2) is 26.2 Å². The Morgan fingerprint density at radius 1 is 1.41 bits per heavy atom. The van der Waals surface area contributed by atoms with Crippen molar-refractivity contribution < 1.29 is 14.3 Å². The van der Waals surface area contributed by atoms with Crippen molar-refractivity contribution >= 4 is 11.6 Å². The molecule has 1 aromatic carbocycles. The number of benzene rings is 1. The molecule has 1 amide bonds. The maximum Gasteiger partial charge on any atom is 0.227 e. The Morgan fingerprint density at radius 2 is 2.18 bits per heavy atom. The topological polar surface area (TPSA) is 47.6 Å². The number of carbonyl (C=O) groups is 1.